The molecule has 3 rings (SSSR count). The average Bonchev–Trinajstić information content (AvgIpc) is 2.84. The van der Waals surface area contributed by atoms with E-state index in [0.29, 0.717) is 36.6 Å². The van der Waals surface area contributed by atoms with Crippen molar-refractivity contribution in [3.63, 3.8) is 0 Å². The van der Waals surface area contributed by atoms with Crippen LogP contribution in [-0.2, 0) is 4.79 Å². The fraction of sp³-hybridized carbons (Fsp3) is 0.550. The van der Waals surface area contributed by atoms with Crippen molar-refractivity contribution in [1.29, 1.82) is 0 Å². The number of piperidine rings is 1. The van der Waals surface area contributed by atoms with E-state index in [1.165, 1.54) is 4.90 Å². The molecular formula is C20H26N2O3. The van der Waals surface area contributed by atoms with Crippen LogP contribution in [0.15, 0.2) is 24.3 Å². The minimum atomic E-state index is -0.710. The fourth-order valence-electron chi connectivity index (χ4n) is 3.85. The van der Waals surface area contributed by atoms with Crippen molar-refractivity contribution in [3.05, 3.63) is 35.4 Å². The van der Waals surface area contributed by atoms with E-state index in [1.54, 1.807) is 24.3 Å². The highest BCUT2D eigenvalue weighted by molar-refractivity contribution is 6.22. The highest BCUT2D eigenvalue weighted by Gasteiger charge is 2.44. The van der Waals surface area contributed by atoms with Crippen LogP contribution in [0.25, 0.3) is 0 Å². The molecular weight excluding hydrogens is 316 g/mol. The molecule has 1 aromatic carbocycles. The number of nitrogens with zero attached hydrogens (tertiary/aromatic N) is 2. The Kier molecular flexibility index (Phi) is 4.93. The minimum Gasteiger partial charge on any atom is -0.341 e. The molecule has 0 spiro atoms. The monoisotopic (exact) mass is 342 g/mol. The van der Waals surface area contributed by atoms with Gasteiger partial charge in [-0.15, -0.1) is 0 Å². The lowest BCUT2D eigenvalue weighted by Crippen LogP contribution is -2.53. The van der Waals surface area contributed by atoms with Crippen LogP contribution >= 0.6 is 0 Å². The number of imide groups is 1. The minimum absolute atomic E-state index is 0.0882. The molecule has 0 aromatic heterocycles. The SMILES string of the molecule is CC(C)CC(C(=O)N1CCCC(C)C1)N1C(=O)c2ccccc2C1=O. The summed E-state index contributed by atoms with van der Waals surface area (Å²) in [6.07, 6.45) is 2.59. The van der Waals surface area contributed by atoms with E-state index in [1.807, 2.05) is 18.7 Å². The summed E-state index contributed by atoms with van der Waals surface area (Å²) in [6, 6.07) is 6.11. The van der Waals surface area contributed by atoms with E-state index in [-0.39, 0.29) is 23.6 Å². The number of fused-ring (bicyclic) bond motifs is 1. The summed E-state index contributed by atoms with van der Waals surface area (Å²) in [5, 5.41) is 0. The summed E-state index contributed by atoms with van der Waals surface area (Å²) in [4.78, 5) is 41.9. The summed E-state index contributed by atoms with van der Waals surface area (Å²) in [7, 11) is 0. The Bertz CT molecular complexity index is 663. The van der Waals surface area contributed by atoms with Crippen molar-refractivity contribution in [1.82, 2.24) is 9.80 Å². The first-order valence-electron chi connectivity index (χ1n) is 9.15. The third kappa shape index (κ3) is 3.32. The number of hydrogen-bond acceptors (Lipinski definition) is 3. The Labute approximate surface area is 149 Å². The Balaban J connectivity index is 1.90. The first-order valence-corrected chi connectivity index (χ1v) is 9.15. The van der Waals surface area contributed by atoms with E-state index >= 15 is 0 Å². The molecule has 2 aliphatic heterocycles. The predicted octanol–water partition coefficient (Wildman–Crippen LogP) is 2.96. The van der Waals surface area contributed by atoms with Gasteiger partial charge in [0.25, 0.3) is 11.8 Å². The van der Waals surface area contributed by atoms with Gasteiger partial charge in [0, 0.05) is 13.1 Å². The topological polar surface area (TPSA) is 57.7 Å². The molecule has 0 radical (unpaired) electrons. The van der Waals surface area contributed by atoms with E-state index in [4.69, 9.17) is 0 Å². The number of carbonyl (C=O) groups excluding carboxylic acids is 3. The number of carbonyl (C=O) groups is 3. The predicted molar refractivity (Wildman–Crippen MR) is 95.2 cm³/mol. The molecule has 2 atom stereocenters. The van der Waals surface area contributed by atoms with Gasteiger partial charge in [0.05, 0.1) is 11.1 Å². The van der Waals surface area contributed by atoms with E-state index in [2.05, 4.69) is 6.92 Å². The molecule has 1 saturated heterocycles. The average molecular weight is 342 g/mol. The molecule has 0 saturated carbocycles. The normalized spacial score (nSPS) is 21.7. The van der Waals surface area contributed by atoms with Crippen molar-refractivity contribution in [2.45, 2.75) is 46.1 Å². The third-order valence-electron chi connectivity index (χ3n) is 5.09. The van der Waals surface area contributed by atoms with Gasteiger partial charge in [-0.2, -0.15) is 0 Å². The summed E-state index contributed by atoms with van der Waals surface area (Å²) >= 11 is 0. The van der Waals surface area contributed by atoms with Crippen LogP contribution in [-0.4, -0.2) is 46.7 Å². The fourth-order valence-corrected chi connectivity index (χ4v) is 3.85. The zero-order valence-corrected chi connectivity index (χ0v) is 15.2. The lowest BCUT2D eigenvalue weighted by molar-refractivity contribution is -0.137. The van der Waals surface area contributed by atoms with Crippen LogP contribution in [0.2, 0.25) is 0 Å². The van der Waals surface area contributed by atoms with Crippen molar-refractivity contribution in [2.24, 2.45) is 11.8 Å². The molecule has 25 heavy (non-hydrogen) atoms. The molecule has 2 unspecified atom stereocenters. The maximum atomic E-state index is 13.2. The summed E-state index contributed by atoms with van der Waals surface area (Å²) in [6.45, 7) is 7.57. The Morgan fingerprint density at radius 2 is 1.76 bits per heavy atom. The molecule has 134 valence electrons. The van der Waals surface area contributed by atoms with Crippen LogP contribution in [0.1, 0.15) is 60.7 Å². The van der Waals surface area contributed by atoms with Gasteiger partial charge >= 0.3 is 0 Å². The number of amides is 3. The molecule has 1 fully saturated rings. The first kappa shape index (κ1) is 17.6. The smallest absolute Gasteiger partial charge is 0.262 e. The van der Waals surface area contributed by atoms with Gasteiger partial charge in [-0.05, 0) is 43.2 Å². The van der Waals surface area contributed by atoms with Crippen LogP contribution in [0.5, 0.6) is 0 Å². The largest absolute Gasteiger partial charge is 0.341 e. The third-order valence-corrected chi connectivity index (χ3v) is 5.09. The molecule has 5 nitrogen and oxygen atoms in total. The standard InChI is InChI=1S/C20H26N2O3/c1-13(2)11-17(20(25)21-10-6-7-14(3)12-21)22-18(23)15-8-4-5-9-16(15)19(22)24/h4-5,8-9,13-14,17H,6-7,10-12H2,1-3H3. The number of rotatable bonds is 4. The molecule has 2 heterocycles. The van der Waals surface area contributed by atoms with Crippen LogP contribution < -0.4 is 0 Å². The Hall–Kier alpha value is -2.17. The molecule has 0 bridgehead atoms. The Morgan fingerprint density at radius 1 is 1.16 bits per heavy atom. The summed E-state index contributed by atoms with van der Waals surface area (Å²) in [5.41, 5.74) is 0.808. The van der Waals surface area contributed by atoms with Gasteiger partial charge in [-0.25, -0.2) is 0 Å². The van der Waals surface area contributed by atoms with Crippen molar-refractivity contribution in [3.8, 4) is 0 Å². The van der Waals surface area contributed by atoms with Crippen molar-refractivity contribution in [2.75, 3.05) is 13.1 Å². The quantitative estimate of drug-likeness (QED) is 0.791. The summed E-state index contributed by atoms with van der Waals surface area (Å²) < 4.78 is 0. The van der Waals surface area contributed by atoms with E-state index < -0.39 is 6.04 Å². The van der Waals surface area contributed by atoms with E-state index in [0.717, 1.165) is 12.8 Å². The highest BCUT2D eigenvalue weighted by Crippen LogP contribution is 2.28. The number of likely N-dealkylation sites (tertiary alicyclic amines) is 1. The van der Waals surface area contributed by atoms with Crippen LogP contribution in [0, 0.1) is 11.8 Å². The number of hydrogen-bond donors (Lipinski definition) is 0. The van der Waals surface area contributed by atoms with Gasteiger partial charge < -0.3 is 4.90 Å². The zero-order valence-electron chi connectivity index (χ0n) is 15.2. The first-order chi connectivity index (χ1) is 11.9. The molecule has 2 aliphatic rings. The van der Waals surface area contributed by atoms with Crippen molar-refractivity contribution >= 4 is 17.7 Å². The van der Waals surface area contributed by atoms with Crippen LogP contribution in [0.3, 0.4) is 0 Å². The second kappa shape index (κ2) is 6.98. The van der Waals surface area contributed by atoms with Gasteiger partial charge in [0.15, 0.2) is 0 Å². The lowest BCUT2D eigenvalue weighted by atomic mass is 9.96. The Morgan fingerprint density at radius 3 is 2.28 bits per heavy atom. The van der Waals surface area contributed by atoms with Crippen LogP contribution in [0.4, 0.5) is 0 Å². The number of benzene rings is 1. The van der Waals surface area contributed by atoms with Gasteiger partial charge in [-0.1, -0.05) is 32.9 Å². The molecule has 3 amide bonds. The zero-order chi connectivity index (χ0) is 18.1. The second-order valence-electron chi connectivity index (χ2n) is 7.70. The highest BCUT2D eigenvalue weighted by atomic mass is 16.2. The molecule has 1 aromatic rings. The van der Waals surface area contributed by atoms with Gasteiger partial charge in [0.1, 0.15) is 6.04 Å². The molecule has 0 N–H and O–H groups in total. The van der Waals surface area contributed by atoms with Gasteiger partial charge in [0.2, 0.25) is 5.91 Å². The van der Waals surface area contributed by atoms with Gasteiger partial charge in [-0.3, -0.25) is 19.3 Å². The lowest BCUT2D eigenvalue weighted by Gasteiger charge is -2.36. The molecule has 5 heteroatoms. The second-order valence-corrected chi connectivity index (χ2v) is 7.70. The molecule has 0 aliphatic carbocycles. The maximum Gasteiger partial charge on any atom is 0.262 e. The van der Waals surface area contributed by atoms with E-state index in [9.17, 15) is 14.4 Å². The van der Waals surface area contributed by atoms with Crippen molar-refractivity contribution < 1.29 is 14.4 Å². The summed E-state index contributed by atoms with van der Waals surface area (Å²) in [5.74, 6) is -0.107. The maximum absolute atomic E-state index is 13.2.